The topological polar surface area (TPSA) is 78.8 Å². The van der Waals surface area contributed by atoms with Crippen molar-refractivity contribution in [1.29, 1.82) is 0 Å². The van der Waals surface area contributed by atoms with E-state index in [1.807, 2.05) is 0 Å². The second-order valence-corrected chi connectivity index (χ2v) is 5.54. The molecule has 2 rings (SSSR count). The van der Waals surface area contributed by atoms with E-state index in [-0.39, 0.29) is 10.4 Å². The number of carbonyl (C=O) groups excluding carboxylic acids is 2. The van der Waals surface area contributed by atoms with Gasteiger partial charge in [0.2, 0.25) is 0 Å². The average molecular weight is 356 g/mol. The molecule has 0 aliphatic carbocycles. The average Bonchev–Trinajstić information content (AvgIpc) is 3.04. The first-order chi connectivity index (χ1) is 11.3. The molecule has 1 amide bonds. The fraction of sp³-hybridized carbons (Fsp3) is 0.133. The fourth-order valence-electron chi connectivity index (χ4n) is 1.72. The number of hydrogen-bond donors (Lipinski definition) is 2. The monoisotopic (exact) mass is 356 g/mol. The molecular weight excluding hydrogens is 345 g/mol. The summed E-state index contributed by atoms with van der Waals surface area (Å²) < 4.78 is 38.9. The molecule has 5 nitrogen and oxygen atoms in total. The van der Waals surface area contributed by atoms with E-state index in [1.54, 1.807) is 16.9 Å². The molecule has 0 radical (unpaired) electrons. The van der Waals surface area contributed by atoms with Crippen molar-refractivity contribution in [3.05, 3.63) is 52.2 Å². The molecule has 2 aromatic rings. The maximum absolute atomic E-state index is 13.0. The molecule has 0 atom stereocenters. The standard InChI is InChI=1S/C15H11F3N2O3S/c16-15(17,18)13(8-11(22)12-6-3-7-24-12)19-20-14(23)9-4-1-2-5-10(9)21/h1-7,21H,8H2,(H,20,23). The summed E-state index contributed by atoms with van der Waals surface area (Å²) in [6.07, 6.45) is -5.87. The highest BCUT2D eigenvalue weighted by molar-refractivity contribution is 7.12. The molecule has 0 aliphatic rings. The lowest BCUT2D eigenvalue weighted by Crippen LogP contribution is -2.30. The number of hydrazone groups is 1. The van der Waals surface area contributed by atoms with Crippen LogP contribution in [0, 0.1) is 0 Å². The van der Waals surface area contributed by atoms with Gasteiger partial charge in [0.1, 0.15) is 11.5 Å². The lowest BCUT2D eigenvalue weighted by atomic mass is 10.1. The van der Waals surface area contributed by atoms with Crippen molar-refractivity contribution in [2.45, 2.75) is 12.6 Å². The molecule has 1 aromatic heterocycles. The van der Waals surface area contributed by atoms with Crippen LogP contribution in [0.4, 0.5) is 13.2 Å². The number of nitrogens with zero attached hydrogens (tertiary/aromatic N) is 1. The van der Waals surface area contributed by atoms with Crippen molar-refractivity contribution >= 4 is 28.7 Å². The lowest BCUT2D eigenvalue weighted by molar-refractivity contribution is -0.0605. The van der Waals surface area contributed by atoms with Crippen molar-refractivity contribution in [1.82, 2.24) is 5.43 Å². The Labute approximate surface area is 138 Å². The van der Waals surface area contributed by atoms with Gasteiger partial charge in [-0.2, -0.15) is 18.3 Å². The molecule has 0 spiro atoms. The van der Waals surface area contributed by atoms with Gasteiger partial charge in [-0.15, -0.1) is 11.3 Å². The Morgan fingerprint density at radius 3 is 2.46 bits per heavy atom. The molecule has 0 saturated carbocycles. The Hall–Kier alpha value is -2.68. The maximum Gasteiger partial charge on any atom is 0.431 e. The minimum atomic E-state index is -4.88. The largest absolute Gasteiger partial charge is 0.507 e. The number of ketones is 1. The van der Waals surface area contributed by atoms with Gasteiger partial charge < -0.3 is 5.11 Å². The molecule has 0 bridgehead atoms. The number of nitrogens with one attached hydrogen (secondary N) is 1. The third-order valence-electron chi connectivity index (χ3n) is 2.89. The Bertz CT molecular complexity index is 771. The minimum absolute atomic E-state index is 0.166. The van der Waals surface area contributed by atoms with Crippen molar-refractivity contribution in [3.8, 4) is 5.75 Å². The number of thiophene rings is 1. The van der Waals surface area contributed by atoms with E-state index in [1.165, 1.54) is 30.3 Å². The van der Waals surface area contributed by atoms with E-state index in [9.17, 15) is 27.9 Å². The quantitative estimate of drug-likeness (QED) is 0.490. The fourth-order valence-corrected chi connectivity index (χ4v) is 2.39. The lowest BCUT2D eigenvalue weighted by Gasteiger charge is -2.10. The van der Waals surface area contributed by atoms with Crippen LogP contribution in [0.25, 0.3) is 0 Å². The molecule has 0 unspecified atom stereocenters. The number of carbonyl (C=O) groups is 2. The maximum atomic E-state index is 13.0. The molecule has 1 aromatic carbocycles. The number of rotatable bonds is 5. The number of phenolic OH excluding ortho intramolecular Hbond substituents is 1. The molecule has 126 valence electrons. The van der Waals surface area contributed by atoms with Crippen molar-refractivity contribution in [2.75, 3.05) is 0 Å². The number of hydrogen-bond acceptors (Lipinski definition) is 5. The van der Waals surface area contributed by atoms with Gasteiger partial charge in [-0.25, -0.2) is 5.43 Å². The minimum Gasteiger partial charge on any atom is -0.507 e. The summed E-state index contributed by atoms with van der Waals surface area (Å²) in [6.45, 7) is 0. The van der Waals surface area contributed by atoms with Gasteiger partial charge in [-0.1, -0.05) is 18.2 Å². The third-order valence-corrected chi connectivity index (χ3v) is 3.80. The van der Waals surface area contributed by atoms with Crippen molar-refractivity contribution in [2.24, 2.45) is 5.10 Å². The van der Waals surface area contributed by atoms with Gasteiger partial charge in [-0.3, -0.25) is 9.59 Å². The summed E-state index contributed by atoms with van der Waals surface area (Å²) in [5.41, 5.74) is 0.0618. The summed E-state index contributed by atoms with van der Waals surface area (Å²) in [7, 11) is 0. The third kappa shape index (κ3) is 4.42. The molecule has 1 heterocycles. The zero-order valence-corrected chi connectivity index (χ0v) is 12.8. The predicted molar refractivity (Wildman–Crippen MR) is 82.3 cm³/mol. The number of halogens is 3. The van der Waals surface area contributed by atoms with Crippen LogP contribution in [0.15, 0.2) is 46.9 Å². The van der Waals surface area contributed by atoms with Crippen LogP contribution >= 0.6 is 11.3 Å². The predicted octanol–water partition coefficient (Wildman–Crippen LogP) is 3.37. The number of phenols is 1. The van der Waals surface area contributed by atoms with Gasteiger partial charge in [0.15, 0.2) is 5.78 Å². The number of para-hydroxylation sites is 1. The van der Waals surface area contributed by atoms with E-state index in [4.69, 9.17) is 0 Å². The van der Waals surface area contributed by atoms with Crippen LogP contribution in [0.3, 0.4) is 0 Å². The van der Waals surface area contributed by atoms with Crippen molar-refractivity contribution < 1.29 is 27.9 Å². The summed E-state index contributed by atoms with van der Waals surface area (Å²) in [4.78, 5) is 23.8. The number of Topliss-reactive ketones (excluding diaryl/α,β-unsaturated/α-hetero) is 1. The van der Waals surface area contributed by atoms with Gasteiger partial charge in [-0.05, 0) is 23.6 Å². The zero-order valence-electron chi connectivity index (χ0n) is 12.0. The molecular formula is C15H11F3N2O3S. The van der Waals surface area contributed by atoms with E-state index in [0.29, 0.717) is 0 Å². The van der Waals surface area contributed by atoms with Crippen LogP contribution in [-0.4, -0.2) is 28.7 Å². The van der Waals surface area contributed by atoms with Gasteiger partial charge in [0.05, 0.1) is 16.9 Å². The molecule has 0 aliphatic heterocycles. The molecule has 0 fully saturated rings. The summed E-state index contributed by atoms with van der Waals surface area (Å²) in [5, 5.41) is 14.1. The molecule has 2 N–H and O–H groups in total. The number of benzene rings is 1. The van der Waals surface area contributed by atoms with Crippen LogP contribution < -0.4 is 5.43 Å². The Morgan fingerprint density at radius 2 is 1.88 bits per heavy atom. The number of alkyl halides is 3. The van der Waals surface area contributed by atoms with Crippen LogP contribution in [-0.2, 0) is 0 Å². The summed E-state index contributed by atoms with van der Waals surface area (Å²) in [5.74, 6) is -2.16. The van der Waals surface area contributed by atoms with E-state index < -0.39 is 35.7 Å². The smallest absolute Gasteiger partial charge is 0.431 e. The first-order valence-electron chi connectivity index (χ1n) is 6.58. The normalized spacial score (nSPS) is 12.0. The molecule has 0 saturated heterocycles. The van der Waals surface area contributed by atoms with Crippen LogP contribution in [0.5, 0.6) is 5.75 Å². The Kier molecular flexibility index (Phi) is 5.35. The van der Waals surface area contributed by atoms with E-state index in [0.717, 1.165) is 11.3 Å². The number of aromatic hydroxyl groups is 1. The van der Waals surface area contributed by atoms with Crippen LogP contribution in [0.1, 0.15) is 26.5 Å². The molecule has 9 heteroatoms. The zero-order chi connectivity index (χ0) is 17.7. The van der Waals surface area contributed by atoms with Crippen molar-refractivity contribution in [3.63, 3.8) is 0 Å². The highest BCUT2D eigenvalue weighted by Gasteiger charge is 2.37. The Balaban J connectivity index is 2.16. The second-order valence-electron chi connectivity index (χ2n) is 4.59. The van der Waals surface area contributed by atoms with E-state index >= 15 is 0 Å². The first-order valence-corrected chi connectivity index (χ1v) is 7.46. The van der Waals surface area contributed by atoms with Gasteiger partial charge >= 0.3 is 6.18 Å². The summed E-state index contributed by atoms with van der Waals surface area (Å²) in [6, 6.07) is 8.28. The summed E-state index contributed by atoms with van der Waals surface area (Å²) >= 11 is 1.01. The van der Waals surface area contributed by atoms with Gasteiger partial charge in [0.25, 0.3) is 5.91 Å². The van der Waals surface area contributed by atoms with E-state index in [2.05, 4.69) is 5.10 Å². The highest BCUT2D eigenvalue weighted by Crippen LogP contribution is 2.22. The Morgan fingerprint density at radius 1 is 1.17 bits per heavy atom. The highest BCUT2D eigenvalue weighted by atomic mass is 32.1. The van der Waals surface area contributed by atoms with Gasteiger partial charge in [0, 0.05) is 0 Å². The second kappa shape index (κ2) is 7.26. The first kappa shape index (κ1) is 17.7. The molecule has 24 heavy (non-hydrogen) atoms. The van der Waals surface area contributed by atoms with Crippen LogP contribution in [0.2, 0.25) is 0 Å². The SMILES string of the molecule is O=C(CC(=NNC(=O)c1ccccc1O)C(F)(F)F)c1cccs1. The number of amides is 1.